The minimum Gasteiger partial charge on any atom is -0.396 e. The number of rotatable bonds is 3. The summed E-state index contributed by atoms with van der Waals surface area (Å²) in [6.07, 6.45) is 7.12. The van der Waals surface area contributed by atoms with Crippen molar-refractivity contribution in [1.82, 2.24) is 10.2 Å². The minimum atomic E-state index is -0.186. The SMILES string of the molecule is CN(C(=O)NC1CCC(O)CC1)C1CCC(CO)CC1. The van der Waals surface area contributed by atoms with Crippen LogP contribution < -0.4 is 5.32 Å². The van der Waals surface area contributed by atoms with Crippen molar-refractivity contribution in [2.24, 2.45) is 5.92 Å². The smallest absolute Gasteiger partial charge is 0.317 e. The van der Waals surface area contributed by atoms with Crippen LogP contribution in [0, 0.1) is 5.92 Å². The Bertz CT molecular complexity index is 308. The first-order valence-corrected chi connectivity index (χ1v) is 7.92. The van der Waals surface area contributed by atoms with E-state index < -0.39 is 0 Å². The minimum absolute atomic E-state index is 0.0128. The first kappa shape index (κ1) is 15.6. The zero-order valence-electron chi connectivity index (χ0n) is 12.4. The number of nitrogens with one attached hydrogen (secondary N) is 1. The number of aliphatic hydroxyl groups excluding tert-OH is 2. The van der Waals surface area contributed by atoms with Crippen molar-refractivity contribution >= 4 is 6.03 Å². The van der Waals surface area contributed by atoms with Crippen LogP contribution in [0.3, 0.4) is 0 Å². The summed E-state index contributed by atoms with van der Waals surface area (Å²) >= 11 is 0. The fourth-order valence-electron chi connectivity index (χ4n) is 3.38. The van der Waals surface area contributed by atoms with E-state index in [0.717, 1.165) is 51.4 Å². The maximum Gasteiger partial charge on any atom is 0.317 e. The van der Waals surface area contributed by atoms with Crippen LogP contribution in [-0.4, -0.2) is 53.0 Å². The van der Waals surface area contributed by atoms with E-state index in [2.05, 4.69) is 5.32 Å². The molecule has 0 radical (unpaired) electrons. The molecular formula is C15H28N2O3. The molecule has 2 amide bonds. The van der Waals surface area contributed by atoms with Gasteiger partial charge in [-0.2, -0.15) is 0 Å². The Labute approximate surface area is 121 Å². The molecule has 2 aliphatic rings. The van der Waals surface area contributed by atoms with Crippen LogP contribution in [-0.2, 0) is 0 Å². The maximum absolute atomic E-state index is 12.2. The molecule has 2 saturated carbocycles. The molecule has 0 aliphatic heterocycles. The van der Waals surface area contributed by atoms with Gasteiger partial charge >= 0.3 is 6.03 Å². The number of hydrogen-bond donors (Lipinski definition) is 3. The van der Waals surface area contributed by atoms with Crippen molar-refractivity contribution < 1.29 is 15.0 Å². The van der Waals surface area contributed by atoms with E-state index in [1.807, 2.05) is 11.9 Å². The lowest BCUT2D eigenvalue weighted by Gasteiger charge is -2.35. The Balaban J connectivity index is 1.74. The van der Waals surface area contributed by atoms with E-state index in [0.29, 0.717) is 12.0 Å². The summed E-state index contributed by atoms with van der Waals surface area (Å²) in [4.78, 5) is 14.1. The first-order valence-electron chi connectivity index (χ1n) is 7.92. The van der Waals surface area contributed by atoms with Crippen LogP contribution >= 0.6 is 0 Å². The summed E-state index contributed by atoms with van der Waals surface area (Å²) in [7, 11) is 1.87. The van der Waals surface area contributed by atoms with E-state index in [1.54, 1.807) is 0 Å². The third-order valence-corrected chi connectivity index (χ3v) is 4.97. The summed E-state index contributed by atoms with van der Waals surface area (Å²) < 4.78 is 0. The van der Waals surface area contributed by atoms with Gasteiger partial charge in [0.1, 0.15) is 0 Å². The lowest BCUT2D eigenvalue weighted by molar-refractivity contribution is 0.110. The molecule has 0 saturated heterocycles. The summed E-state index contributed by atoms with van der Waals surface area (Å²) in [5.74, 6) is 0.419. The molecule has 116 valence electrons. The Hall–Kier alpha value is -0.810. The molecule has 5 heteroatoms. The zero-order valence-corrected chi connectivity index (χ0v) is 12.4. The second-order valence-corrected chi connectivity index (χ2v) is 6.42. The van der Waals surface area contributed by atoms with Crippen molar-refractivity contribution in [2.45, 2.75) is 69.6 Å². The molecule has 0 bridgehead atoms. The van der Waals surface area contributed by atoms with Crippen LogP contribution in [0.5, 0.6) is 0 Å². The molecule has 0 aromatic rings. The van der Waals surface area contributed by atoms with E-state index in [9.17, 15) is 9.90 Å². The van der Waals surface area contributed by atoms with E-state index in [-0.39, 0.29) is 24.8 Å². The standard InChI is InChI=1S/C15H28N2O3/c1-17(13-6-2-11(10-18)3-7-13)15(20)16-12-4-8-14(19)9-5-12/h11-14,18-19H,2-10H2,1H3,(H,16,20). The number of hydrogen-bond acceptors (Lipinski definition) is 3. The Morgan fingerprint density at radius 3 is 2.25 bits per heavy atom. The van der Waals surface area contributed by atoms with Gasteiger partial charge in [-0.1, -0.05) is 0 Å². The zero-order chi connectivity index (χ0) is 14.5. The van der Waals surface area contributed by atoms with Crippen molar-refractivity contribution in [3.8, 4) is 0 Å². The van der Waals surface area contributed by atoms with Gasteiger partial charge in [0.2, 0.25) is 0 Å². The summed E-state index contributed by atoms with van der Waals surface area (Å²) in [5, 5.41) is 21.7. The predicted molar refractivity (Wildman–Crippen MR) is 77.4 cm³/mol. The fraction of sp³-hybridized carbons (Fsp3) is 0.933. The number of nitrogens with zero attached hydrogens (tertiary/aromatic N) is 1. The molecular weight excluding hydrogens is 256 g/mol. The summed E-state index contributed by atoms with van der Waals surface area (Å²) in [5.41, 5.74) is 0. The van der Waals surface area contributed by atoms with Crippen LogP contribution in [0.25, 0.3) is 0 Å². The number of amides is 2. The molecule has 0 unspecified atom stereocenters. The van der Waals surface area contributed by atoms with Crippen molar-refractivity contribution in [3.63, 3.8) is 0 Å². The largest absolute Gasteiger partial charge is 0.396 e. The maximum atomic E-state index is 12.2. The third-order valence-electron chi connectivity index (χ3n) is 4.97. The molecule has 2 fully saturated rings. The second kappa shape index (κ2) is 7.27. The highest BCUT2D eigenvalue weighted by Gasteiger charge is 2.28. The number of carbonyl (C=O) groups excluding carboxylic acids is 1. The van der Waals surface area contributed by atoms with Crippen LogP contribution in [0.2, 0.25) is 0 Å². The monoisotopic (exact) mass is 284 g/mol. The van der Waals surface area contributed by atoms with E-state index in [1.165, 1.54) is 0 Å². The molecule has 0 heterocycles. The Morgan fingerprint density at radius 2 is 1.70 bits per heavy atom. The second-order valence-electron chi connectivity index (χ2n) is 6.42. The molecule has 2 aliphatic carbocycles. The average Bonchev–Trinajstić information content (AvgIpc) is 2.49. The van der Waals surface area contributed by atoms with Gasteiger partial charge in [-0.05, 0) is 57.3 Å². The predicted octanol–water partition coefficient (Wildman–Crippen LogP) is 1.48. The molecule has 3 N–H and O–H groups in total. The van der Waals surface area contributed by atoms with E-state index in [4.69, 9.17) is 5.11 Å². The van der Waals surface area contributed by atoms with Gasteiger partial charge in [0.15, 0.2) is 0 Å². The average molecular weight is 284 g/mol. The Kier molecular flexibility index (Phi) is 5.66. The van der Waals surface area contributed by atoms with Crippen molar-refractivity contribution in [1.29, 1.82) is 0 Å². The topological polar surface area (TPSA) is 72.8 Å². The summed E-state index contributed by atoms with van der Waals surface area (Å²) in [6.45, 7) is 0.271. The third kappa shape index (κ3) is 4.09. The van der Waals surface area contributed by atoms with Gasteiger partial charge in [0, 0.05) is 25.7 Å². The van der Waals surface area contributed by atoms with Gasteiger partial charge in [-0.25, -0.2) is 4.79 Å². The first-order chi connectivity index (χ1) is 9.60. The van der Waals surface area contributed by atoms with Gasteiger partial charge in [-0.3, -0.25) is 0 Å². The van der Waals surface area contributed by atoms with Crippen molar-refractivity contribution in [3.05, 3.63) is 0 Å². The lowest BCUT2D eigenvalue weighted by atomic mass is 9.86. The molecule has 2 rings (SSSR count). The quantitative estimate of drug-likeness (QED) is 0.735. The number of carbonyl (C=O) groups is 1. The van der Waals surface area contributed by atoms with Gasteiger partial charge in [-0.15, -0.1) is 0 Å². The highest BCUT2D eigenvalue weighted by Crippen LogP contribution is 2.27. The molecule has 5 nitrogen and oxygen atoms in total. The molecule has 20 heavy (non-hydrogen) atoms. The number of aliphatic hydroxyl groups is 2. The highest BCUT2D eigenvalue weighted by molar-refractivity contribution is 5.74. The lowest BCUT2D eigenvalue weighted by Crippen LogP contribution is -2.49. The molecule has 0 aromatic carbocycles. The molecule has 0 atom stereocenters. The fourth-order valence-corrected chi connectivity index (χ4v) is 3.38. The van der Waals surface area contributed by atoms with Gasteiger partial charge in [0.25, 0.3) is 0 Å². The van der Waals surface area contributed by atoms with E-state index >= 15 is 0 Å². The Morgan fingerprint density at radius 1 is 1.10 bits per heavy atom. The molecule has 0 spiro atoms. The van der Waals surface area contributed by atoms with Crippen molar-refractivity contribution in [2.75, 3.05) is 13.7 Å². The van der Waals surface area contributed by atoms with Gasteiger partial charge in [0.05, 0.1) is 6.10 Å². The summed E-state index contributed by atoms with van der Waals surface area (Å²) in [6, 6.07) is 0.521. The van der Waals surface area contributed by atoms with Gasteiger partial charge < -0.3 is 20.4 Å². The molecule has 0 aromatic heterocycles. The van der Waals surface area contributed by atoms with Crippen LogP contribution in [0.15, 0.2) is 0 Å². The highest BCUT2D eigenvalue weighted by atomic mass is 16.3. The van der Waals surface area contributed by atoms with Crippen LogP contribution in [0.4, 0.5) is 4.79 Å². The van der Waals surface area contributed by atoms with Crippen LogP contribution in [0.1, 0.15) is 51.4 Å². The normalized spacial score (nSPS) is 34.5. The number of urea groups is 1.